The van der Waals surface area contributed by atoms with Gasteiger partial charge in [-0.1, -0.05) is 24.6 Å². The van der Waals surface area contributed by atoms with E-state index in [2.05, 4.69) is 0 Å². The van der Waals surface area contributed by atoms with E-state index in [0.29, 0.717) is 23.4 Å². The van der Waals surface area contributed by atoms with Crippen molar-refractivity contribution < 1.29 is 18.3 Å². The predicted octanol–water partition coefficient (Wildman–Crippen LogP) is 2.67. The van der Waals surface area contributed by atoms with Gasteiger partial charge in [-0.15, -0.1) is 0 Å². The fraction of sp³-hybridized carbons (Fsp3) is 0.500. The molecule has 0 saturated carbocycles. The normalized spacial score (nSPS) is 23.4. The summed E-state index contributed by atoms with van der Waals surface area (Å²) in [6.45, 7) is 3.54. The maximum atomic E-state index is 12.9. The third kappa shape index (κ3) is 2.45. The molecule has 1 saturated heterocycles. The van der Waals surface area contributed by atoms with Gasteiger partial charge < -0.3 is 5.11 Å². The molecule has 0 aromatic heterocycles. The number of halogens is 1. The monoisotopic (exact) mass is 331 g/mol. The molecule has 1 aliphatic rings. The van der Waals surface area contributed by atoms with Crippen molar-refractivity contribution in [2.75, 3.05) is 6.54 Å². The molecule has 0 radical (unpaired) electrons. The summed E-state index contributed by atoms with van der Waals surface area (Å²) in [5, 5.41) is 9.89. The van der Waals surface area contributed by atoms with E-state index >= 15 is 0 Å². The van der Waals surface area contributed by atoms with Gasteiger partial charge in [-0.25, -0.2) is 8.42 Å². The van der Waals surface area contributed by atoms with Gasteiger partial charge in [0.25, 0.3) is 0 Å². The standard InChI is InChI=1S/C14H18ClNO4S/c1-3-14(13(17)18)8-5-9-16(14)21(19,20)12-7-4-6-11(15)10(12)2/h4,6-7H,3,5,8-9H2,1-2H3,(H,17,18). The van der Waals surface area contributed by atoms with Gasteiger partial charge in [0, 0.05) is 11.6 Å². The van der Waals surface area contributed by atoms with Gasteiger partial charge in [-0.3, -0.25) is 4.79 Å². The molecule has 2 rings (SSSR count). The molecule has 7 heteroatoms. The Kier molecular flexibility index (Phi) is 4.33. The van der Waals surface area contributed by atoms with Crippen molar-refractivity contribution in [2.24, 2.45) is 0 Å². The lowest BCUT2D eigenvalue weighted by molar-refractivity contribution is -0.147. The number of carboxylic acids is 1. The minimum atomic E-state index is -3.89. The van der Waals surface area contributed by atoms with Gasteiger partial charge >= 0.3 is 5.97 Å². The number of sulfonamides is 1. The number of nitrogens with zero attached hydrogens (tertiary/aromatic N) is 1. The average molecular weight is 332 g/mol. The van der Waals surface area contributed by atoms with Crippen LogP contribution in [0.25, 0.3) is 0 Å². The highest BCUT2D eigenvalue weighted by atomic mass is 35.5. The molecule has 116 valence electrons. The SMILES string of the molecule is CCC1(C(=O)O)CCCN1S(=O)(=O)c1cccc(Cl)c1C. The number of carbonyl (C=O) groups is 1. The zero-order chi connectivity index (χ0) is 15.8. The van der Waals surface area contributed by atoms with Crippen LogP contribution >= 0.6 is 11.6 Å². The van der Waals surface area contributed by atoms with E-state index in [1.807, 2.05) is 0 Å². The first-order chi connectivity index (χ1) is 9.77. The minimum absolute atomic E-state index is 0.0796. The average Bonchev–Trinajstić information content (AvgIpc) is 2.87. The van der Waals surface area contributed by atoms with Gasteiger partial charge in [0.2, 0.25) is 10.0 Å². The molecule has 0 bridgehead atoms. The molecule has 0 spiro atoms. The maximum Gasteiger partial charge on any atom is 0.325 e. The Balaban J connectivity index is 2.58. The van der Waals surface area contributed by atoms with Crippen molar-refractivity contribution in [3.63, 3.8) is 0 Å². The van der Waals surface area contributed by atoms with E-state index in [1.54, 1.807) is 26.0 Å². The summed E-state index contributed by atoms with van der Waals surface area (Å²) in [6.07, 6.45) is 1.11. The van der Waals surface area contributed by atoms with Crippen molar-refractivity contribution >= 4 is 27.6 Å². The Morgan fingerprint density at radius 1 is 1.48 bits per heavy atom. The van der Waals surface area contributed by atoms with Crippen molar-refractivity contribution in [1.82, 2.24) is 4.31 Å². The van der Waals surface area contributed by atoms with E-state index < -0.39 is 21.5 Å². The van der Waals surface area contributed by atoms with Crippen LogP contribution in [0.1, 0.15) is 31.7 Å². The third-order valence-corrected chi connectivity index (χ3v) is 6.72. The second-order valence-electron chi connectivity index (χ2n) is 5.23. The fourth-order valence-corrected chi connectivity index (χ4v) is 5.25. The Labute approximate surface area is 129 Å². The number of carboxylic acid groups (broad SMARTS) is 1. The number of benzene rings is 1. The van der Waals surface area contributed by atoms with Crippen molar-refractivity contribution in [1.29, 1.82) is 0 Å². The Bertz CT molecular complexity index is 674. The molecule has 21 heavy (non-hydrogen) atoms. The van der Waals surface area contributed by atoms with Crippen LogP contribution in [-0.4, -0.2) is 35.9 Å². The lowest BCUT2D eigenvalue weighted by Gasteiger charge is -2.33. The summed E-state index contributed by atoms with van der Waals surface area (Å²) >= 11 is 5.99. The lowest BCUT2D eigenvalue weighted by Crippen LogP contribution is -2.52. The number of aliphatic carboxylic acids is 1. The summed E-state index contributed by atoms with van der Waals surface area (Å²) in [5.41, 5.74) is -0.908. The van der Waals surface area contributed by atoms with Crippen molar-refractivity contribution in [2.45, 2.75) is 43.5 Å². The lowest BCUT2D eigenvalue weighted by atomic mass is 9.95. The summed E-state index contributed by atoms with van der Waals surface area (Å²) in [6, 6.07) is 4.65. The van der Waals surface area contributed by atoms with Crippen LogP contribution in [0.5, 0.6) is 0 Å². The van der Waals surface area contributed by atoms with Gasteiger partial charge in [0.15, 0.2) is 0 Å². The van der Waals surface area contributed by atoms with Crippen LogP contribution in [0.2, 0.25) is 5.02 Å². The molecule has 0 aliphatic carbocycles. The molecule has 1 unspecified atom stereocenters. The molecule has 1 atom stereocenters. The first-order valence-corrected chi connectivity index (χ1v) is 8.60. The van der Waals surface area contributed by atoms with Crippen LogP contribution in [-0.2, 0) is 14.8 Å². The summed E-state index contributed by atoms with van der Waals surface area (Å²) in [4.78, 5) is 11.7. The predicted molar refractivity (Wildman–Crippen MR) is 80.0 cm³/mol. The highest BCUT2D eigenvalue weighted by Gasteiger charge is 2.52. The largest absolute Gasteiger partial charge is 0.480 e. The first-order valence-electron chi connectivity index (χ1n) is 6.78. The number of rotatable bonds is 4. The summed E-state index contributed by atoms with van der Waals surface area (Å²) < 4.78 is 26.9. The Hall–Kier alpha value is -1.11. The second-order valence-corrected chi connectivity index (χ2v) is 7.47. The molecule has 0 amide bonds. The van der Waals surface area contributed by atoms with Crippen LogP contribution < -0.4 is 0 Å². The highest BCUT2D eigenvalue weighted by Crippen LogP contribution is 2.38. The molecule has 1 aromatic carbocycles. The minimum Gasteiger partial charge on any atom is -0.480 e. The molecule has 1 N–H and O–H groups in total. The maximum absolute atomic E-state index is 12.9. The van der Waals surface area contributed by atoms with E-state index in [9.17, 15) is 18.3 Å². The zero-order valence-corrected chi connectivity index (χ0v) is 13.5. The van der Waals surface area contributed by atoms with E-state index in [4.69, 9.17) is 11.6 Å². The van der Waals surface area contributed by atoms with Gasteiger partial charge in [0.05, 0.1) is 4.90 Å². The molecular formula is C14H18ClNO4S. The second kappa shape index (κ2) is 5.59. The van der Waals surface area contributed by atoms with Crippen LogP contribution in [0.3, 0.4) is 0 Å². The van der Waals surface area contributed by atoms with Gasteiger partial charge in [0.1, 0.15) is 5.54 Å². The van der Waals surface area contributed by atoms with E-state index in [0.717, 1.165) is 4.31 Å². The Morgan fingerprint density at radius 2 is 2.14 bits per heavy atom. The molecule has 1 aliphatic heterocycles. The fourth-order valence-electron chi connectivity index (χ4n) is 2.91. The summed E-state index contributed by atoms with van der Waals surface area (Å²) in [5.74, 6) is -1.09. The summed E-state index contributed by atoms with van der Waals surface area (Å²) in [7, 11) is -3.89. The molecule has 5 nitrogen and oxygen atoms in total. The molecular weight excluding hydrogens is 314 g/mol. The number of hydrogen-bond acceptors (Lipinski definition) is 3. The Morgan fingerprint density at radius 3 is 2.71 bits per heavy atom. The zero-order valence-electron chi connectivity index (χ0n) is 12.0. The van der Waals surface area contributed by atoms with Crippen LogP contribution in [0.4, 0.5) is 0 Å². The highest BCUT2D eigenvalue weighted by molar-refractivity contribution is 7.89. The van der Waals surface area contributed by atoms with Gasteiger partial charge in [-0.05, 0) is 43.9 Å². The topological polar surface area (TPSA) is 74.7 Å². The van der Waals surface area contributed by atoms with E-state index in [1.165, 1.54) is 6.07 Å². The molecule has 1 heterocycles. The molecule has 1 fully saturated rings. The number of hydrogen-bond donors (Lipinski definition) is 1. The van der Waals surface area contributed by atoms with Crippen LogP contribution in [0, 0.1) is 6.92 Å². The quantitative estimate of drug-likeness (QED) is 0.920. The van der Waals surface area contributed by atoms with Gasteiger partial charge in [-0.2, -0.15) is 4.31 Å². The van der Waals surface area contributed by atoms with Crippen molar-refractivity contribution in [3.05, 3.63) is 28.8 Å². The molecule has 1 aromatic rings. The first kappa shape index (κ1) is 16.3. The third-order valence-electron chi connectivity index (χ3n) is 4.20. The smallest absolute Gasteiger partial charge is 0.325 e. The van der Waals surface area contributed by atoms with E-state index in [-0.39, 0.29) is 17.9 Å². The van der Waals surface area contributed by atoms with Crippen LogP contribution in [0.15, 0.2) is 23.1 Å². The van der Waals surface area contributed by atoms with Crippen molar-refractivity contribution in [3.8, 4) is 0 Å².